The number of hydrogen-bond donors (Lipinski definition) is 0. The minimum Gasteiger partial charge on any atom is -0.427 e. The largest absolute Gasteiger partial charge is 0.427 e. The van der Waals surface area contributed by atoms with E-state index in [1.165, 1.54) is 6.92 Å². The van der Waals surface area contributed by atoms with Crippen molar-refractivity contribution in [2.24, 2.45) is 0 Å². The summed E-state index contributed by atoms with van der Waals surface area (Å²) in [6.45, 7) is 8.43. The van der Waals surface area contributed by atoms with Crippen LogP contribution in [-0.2, 0) is 19.1 Å². The quantitative estimate of drug-likeness (QED) is 0.374. The van der Waals surface area contributed by atoms with Gasteiger partial charge in [-0.3, -0.25) is 9.59 Å². The Bertz CT molecular complexity index is 1130. The van der Waals surface area contributed by atoms with Crippen LogP contribution in [0.5, 0.6) is 0 Å². The summed E-state index contributed by atoms with van der Waals surface area (Å²) < 4.78 is 11.7. The molecule has 2 aromatic carbocycles. The van der Waals surface area contributed by atoms with Crippen LogP contribution in [0.15, 0.2) is 48.2 Å². The lowest BCUT2D eigenvalue weighted by atomic mass is 9.80. The van der Waals surface area contributed by atoms with Crippen molar-refractivity contribution in [2.45, 2.75) is 63.5 Å². The number of alkyl halides is 1. The number of Topliss-reactive ketones (excluding diaryl/α,β-unsaturated/α-hetero) is 1. The van der Waals surface area contributed by atoms with Gasteiger partial charge in [-0.25, -0.2) is 0 Å². The smallest absolute Gasteiger partial charge is 0.307 e. The molecule has 1 aliphatic carbocycles. The molecule has 1 aliphatic heterocycles. The topological polar surface area (TPSA) is 52.6 Å². The molecule has 2 aromatic rings. The van der Waals surface area contributed by atoms with Crippen molar-refractivity contribution >= 4 is 40.5 Å². The van der Waals surface area contributed by atoms with Crippen LogP contribution in [0, 0.1) is 0 Å². The average molecular weight is 473 g/mol. The van der Waals surface area contributed by atoms with Crippen LogP contribution in [0.4, 0.5) is 0 Å². The van der Waals surface area contributed by atoms with Gasteiger partial charge in [-0.05, 0) is 74.6 Å². The summed E-state index contributed by atoms with van der Waals surface area (Å²) in [5.41, 5.74) is 1.92. The summed E-state index contributed by atoms with van der Waals surface area (Å²) in [7, 11) is 0. The molecule has 0 aromatic heterocycles. The second-order valence-corrected chi connectivity index (χ2v) is 10.4. The molecule has 1 fully saturated rings. The highest BCUT2D eigenvalue weighted by Crippen LogP contribution is 2.51. The van der Waals surface area contributed by atoms with Gasteiger partial charge in [-0.2, -0.15) is 0 Å². The van der Waals surface area contributed by atoms with Crippen LogP contribution in [0.1, 0.15) is 58.1 Å². The monoisotopic (exact) mass is 472 g/mol. The van der Waals surface area contributed by atoms with E-state index in [1.807, 2.05) is 56.3 Å². The molecule has 0 spiro atoms. The Kier molecular flexibility index (Phi) is 5.77. The van der Waals surface area contributed by atoms with Gasteiger partial charge in [0.05, 0.1) is 5.57 Å². The third-order valence-electron chi connectivity index (χ3n) is 5.92. The molecule has 2 aliphatic rings. The Morgan fingerprint density at radius 1 is 1.03 bits per heavy atom. The lowest BCUT2D eigenvalue weighted by Crippen LogP contribution is -2.50. The van der Waals surface area contributed by atoms with Gasteiger partial charge in [0.25, 0.3) is 0 Å². The first kappa shape index (κ1) is 23.0. The fraction of sp³-hybridized carbons (Fsp3) is 0.385. The van der Waals surface area contributed by atoms with Gasteiger partial charge in [0.1, 0.15) is 11.2 Å². The summed E-state index contributed by atoms with van der Waals surface area (Å²) in [4.78, 5) is 25.7. The molecule has 0 bridgehead atoms. The SMILES string of the molecule is CC(=O)OC1=C(c2cc(-c3ccc(Cl)cc3)ccc2C2CC2Cl)C(=O)C(C)(C)OC1(C)C. The molecule has 168 valence electrons. The molecule has 1 heterocycles. The zero-order valence-corrected chi connectivity index (χ0v) is 20.3. The zero-order chi connectivity index (χ0) is 23.4. The molecule has 6 heteroatoms. The summed E-state index contributed by atoms with van der Waals surface area (Å²) in [5, 5.41) is 0.667. The van der Waals surface area contributed by atoms with E-state index in [0.717, 1.165) is 28.7 Å². The van der Waals surface area contributed by atoms with Crippen LogP contribution in [0.3, 0.4) is 0 Å². The fourth-order valence-corrected chi connectivity index (χ4v) is 4.86. The summed E-state index contributed by atoms with van der Waals surface area (Å²) in [6.07, 6.45) is 0.836. The Morgan fingerprint density at radius 2 is 1.62 bits per heavy atom. The van der Waals surface area contributed by atoms with E-state index in [9.17, 15) is 9.59 Å². The zero-order valence-electron chi connectivity index (χ0n) is 18.8. The molecule has 0 saturated heterocycles. The summed E-state index contributed by atoms with van der Waals surface area (Å²) >= 11 is 12.5. The van der Waals surface area contributed by atoms with E-state index in [0.29, 0.717) is 10.6 Å². The van der Waals surface area contributed by atoms with Gasteiger partial charge in [0.15, 0.2) is 11.5 Å². The van der Waals surface area contributed by atoms with Crippen molar-refractivity contribution in [1.29, 1.82) is 0 Å². The number of rotatable bonds is 4. The number of carbonyl (C=O) groups is 2. The third kappa shape index (κ3) is 4.24. The first-order valence-electron chi connectivity index (χ1n) is 10.6. The van der Waals surface area contributed by atoms with Gasteiger partial charge in [0.2, 0.25) is 0 Å². The van der Waals surface area contributed by atoms with Crippen LogP contribution in [-0.4, -0.2) is 28.3 Å². The number of ether oxygens (including phenoxy) is 2. The molecular formula is C26H26Cl2O4. The number of ketones is 1. The first-order valence-corrected chi connectivity index (χ1v) is 11.4. The van der Waals surface area contributed by atoms with E-state index < -0.39 is 17.2 Å². The fourth-order valence-electron chi connectivity index (χ4n) is 4.40. The predicted octanol–water partition coefficient (Wildman–Crippen LogP) is 6.53. The molecule has 32 heavy (non-hydrogen) atoms. The minimum absolute atomic E-state index is 0.0175. The van der Waals surface area contributed by atoms with Crippen molar-refractivity contribution in [2.75, 3.05) is 0 Å². The minimum atomic E-state index is -1.08. The van der Waals surface area contributed by atoms with Crippen LogP contribution < -0.4 is 0 Å². The van der Waals surface area contributed by atoms with Gasteiger partial charge >= 0.3 is 5.97 Å². The number of hydrogen-bond acceptors (Lipinski definition) is 4. The predicted molar refractivity (Wildman–Crippen MR) is 127 cm³/mol. The van der Waals surface area contributed by atoms with Crippen molar-refractivity contribution < 1.29 is 19.1 Å². The third-order valence-corrected chi connectivity index (χ3v) is 6.65. The molecule has 2 atom stereocenters. The molecule has 4 rings (SSSR count). The Labute approximate surface area is 198 Å². The summed E-state index contributed by atoms with van der Waals surface area (Å²) in [6, 6.07) is 13.6. The molecule has 4 nitrogen and oxygen atoms in total. The van der Waals surface area contributed by atoms with Gasteiger partial charge in [-0.1, -0.05) is 35.9 Å². The average Bonchev–Trinajstić information content (AvgIpc) is 3.42. The molecular weight excluding hydrogens is 447 g/mol. The second-order valence-electron chi connectivity index (χ2n) is 9.42. The lowest BCUT2D eigenvalue weighted by molar-refractivity contribution is -0.165. The molecule has 0 amide bonds. The molecule has 0 radical (unpaired) electrons. The van der Waals surface area contributed by atoms with Crippen LogP contribution >= 0.6 is 23.2 Å². The van der Waals surface area contributed by atoms with E-state index >= 15 is 0 Å². The Morgan fingerprint density at radius 3 is 2.19 bits per heavy atom. The number of carbonyl (C=O) groups excluding carboxylic acids is 2. The maximum atomic E-state index is 13.7. The normalized spacial score (nSPS) is 23.8. The Hall–Kier alpha value is -2.14. The van der Waals surface area contributed by atoms with Crippen LogP contribution in [0.2, 0.25) is 5.02 Å². The van der Waals surface area contributed by atoms with Gasteiger partial charge in [-0.15, -0.1) is 11.6 Å². The maximum Gasteiger partial charge on any atom is 0.307 e. The number of benzene rings is 2. The standard InChI is InChI=1S/C26H26Cl2O4/c1-14(29)31-24-22(23(30)25(2,3)32-26(24,4)5)20-12-16(15-6-9-17(27)10-7-15)8-11-18(20)19-13-21(19)28/h6-12,19,21H,13H2,1-5H3. The van der Waals surface area contributed by atoms with Crippen molar-refractivity contribution in [3.63, 3.8) is 0 Å². The maximum absolute atomic E-state index is 13.7. The van der Waals surface area contributed by atoms with Crippen molar-refractivity contribution in [1.82, 2.24) is 0 Å². The lowest BCUT2D eigenvalue weighted by Gasteiger charge is -2.42. The number of halogens is 2. The number of esters is 1. The van der Waals surface area contributed by atoms with Gasteiger partial charge < -0.3 is 9.47 Å². The highest BCUT2D eigenvalue weighted by Gasteiger charge is 2.50. The molecule has 1 saturated carbocycles. The van der Waals surface area contributed by atoms with E-state index in [4.69, 9.17) is 32.7 Å². The second kappa shape index (κ2) is 8.02. The van der Waals surface area contributed by atoms with Crippen molar-refractivity contribution in [3.05, 3.63) is 64.4 Å². The molecule has 0 N–H and O–H groups in total. The van der Waals surface area contributed by atoms with E-state index in [1.54, 1.807) is 13.8 Å². The van der Waals surface area contributed by atoms with E-state index in [-0.39, 0.29) is 22.8 Å². The van der Waals surface area contributed by atoms with Gasteiger partial charge in [0, 0.05) is 23.2 Å². The van der Waals surface area contributed by atoms with Crippen LogP contribution in [0.25, 0.3) is 16.7 Å². The Balaban J connectivity index is 1.99. The van der Waals surface area contributed by atoms with E-state index in [2.05, 4.69) is 0 Å². The molecule has 2 unspecified atom stereocenters. The van der Waals surface area contributed by atoms with Crippen molar-refractivity contribution in [3.8, 4) is 11.1 Å². The highest BCUT2D eigenvalue weighted by atomic mass is 35.5. The first-order chi connectivity index (χ1) is 14.9. The highest BCUT2D eigenvalue weighted by molar-refractivity contribution is 6.30. The summed E-state index contributed by atoms with van der Waals surface area (Å²) in [5.74, 6) is -0.359.